The third-order valence-corrected chi connectivity index (χ3v) is 6.16. The summed E-state index contributed by atoms with van der Waals surface area (Å²) in [5, 5.41) is 7.01. The van der Waals surface area contributed by atoms with E-state index in [0.717, 1.165) is 34.6 Å². The van der Waals surface area contributed by atoms with Gasteiger partial charge in [0, 0.05) is 31.5 Å². The standard InChI is InChI=1S/C26H29N3O3/c1-17(20-8-10-22(11-9-20)26-18(2)28-32-19(26)3)27-24(30)12-13-25(31)29-15-14-21-6-4-5-7-23(21)16-29/h4-11,17H,12-16H2,1-3H3,(H,27,30). The van der Waals surface area contributed by atoms with Crippen molar-refractivity contribution in [2.45, 2.75) is 52.6 Å². The lowest BCUT2D eigenvalue weighted by Gasteiger charge is -2.29. The summed E-state index contributed by atoms with van der Waals surface area (Å²) in [6, 6.07) is 16.1. The first kappa shape index (κ1) is 21.8. The van der Waals surface area contributed by atoms with Crippen LogP contribution in [0.3, 0.4) is 0 Å². The predicted molar refractivity (Wildman–Crippen MR) is 123 cm³/mol. The van der Waals surface area contributed by atoms with E-state index in [1.807, 2.05) is 62.1 Å². The van der Waals surface area contributed by atoms with Gasteiger partial charge < -0.3 is 14.7 Å². The Balaban J connectivity index is 1.28. The van der Waals surface area contributed by atoms with Crippen LogP contribution in [0.15, 0.2) is 53.1 Å². The third kappa shape index (κ3) is 4.74. The second kappa shape index (κ2) is 9.39. The zero-order valence-corrected chi connectivity index (χ0v) is 18.9. The highest BCUT2D eigenvalue weighted by Gasteiger charge is 2.21. The molecule has 1 N–H and O–H groups in total. The Labute approximate surface area is 188 Å². The van der Waals surface area contributed by atoms with Gasteiger partial charge in [-0.3, -0.25) is 9.59 Å². The lowest BCUT2D eigenvalue weighted by atomic mass is 9.99. The molecule has 0 saturated carbocycles. The first-order valence-electron chi connectivity index (χ1n) is 11.1. The van der Waals surface area contributed by atoms with E-state index in [1.165, 1.54) is 11.1 Å². The molecule has 2 amide bonds. The molecular formula is C26H29N3O3. The number of hydrogen-bond acceptors (Lipinski definition) is 4. The minimum atomic E-state index is -0.141. The molecule has 0 spiro atoms. The molecule has 6 heteroatoms. The Morgan fingerprint density at radius 3 is 2.47 bits per heavy atom. The average Bonchev–Trinajstić information content (AvgIpc) is 3.15. The Hall–Kier alpha value is -3.41. The quantitative estimate of drug-likeness (QED) is 0.624. The van der Waals surface area contributed by atoms with Crippen molar-refractivity contribution in [1.82, 2.24) is 15.4 Å². The fourth-order valence-corrected chi connectivity index (χ4v) is 4.32. The summed E-state index contributed by atoms with van der Waals surface area (Å²) in [5.41, 5.74) is 6.42. The van der Waals surface area contributed by atoms with Crippen LogP contribution in [0.4, 0.5) is 0 Å². The molecule has 32 heavy (non-hydrogen) atoms. The van der Waals surface area contributed by atoms with Crippen LogP contribution in [0.1, 0.15) is 54.0 Å². The van der Waals surface area contributed by atoms with Crippen LogP contribution >= 0.6 is 0 Å². The van der Waals surface area contributed by atoms with Crippen LogP contribution in [0.5, 0.6) is 0 Å². The normalized spacial score (nSPS) is 14.0. The van der Waals surface area contributed by atoms with Gasteiger partial charge in [0.1, 0.15) is 5.76 Å². The lowest BCUT2D eigenvalue weighted by molar-refractivity contribution is -0.134. The van der Waals surface area contributed by atoms with Gasteiger partial charge >= 0.3 is 0 Å². The van der Waals surface area contributed by atoms with Crippen molar-refractivity contribution in [1.29, 1.82) is 0 Å². The van der Waals surface area contributed by atoms with E-state index < -0.39 is 0 Å². The molecule has 1 unspecified atom stereocenters. The number of carbonyl (C=O) groups is 2. The molecule has 1 atom stereocenters. The van der Waals surface area contributed by atoms with E-state index in [0.29, 0.717) is 13.1 Å². The van der Waals surface area contributed by atoms with Crippen LogP contribution in [0, 0.1) is 13.8 Å². The summed E-state index contributed by atoms with van der Waals surface area (Å²) in [5.74, 6) is 0.711. The van der Waals surface area contributed by atoms with Crippen molar-refractivity contribution in [3.05, 3.63) is 76.7 Å². The van der Waals surface area contributed by atoms with Crippen molar-refractivity contribution in [3.8, 4) is 11.1 Å². The lowest BCUT2D eigenvalue weighted by Crippen LogP contribution is -2.36. The van der Waals surface area contributed by atoms with Gasteiger partial charge in [-0.1, -0.05) is 53.7 Å². The molecule has 4 rings (SSSR count). The molecule has 0 fully saturated rings. The summed E-state index contributed by atoms with van der Waals surface area (Å²) < 4.78 is 5.25. The molecule has 1 aromatic heterocycles. The third-order valence-electron chi connectivity index (χ3n) is 6.16. The van der Waals surface area contributed by atoms with E-state index in [1.54, 1.807) is 0 Å². The minimum Gasteiger partial charge on any atom is -0.361 e. The molecule has 0 bridgehead atoms. The van der Waals surface area contributed by atoms with Gasteiger partial charge in [0.05, 0.1) is 11.7 Å². The molecule has 166 valence electrons. The van der Waals surface area contributed by atoms with Gasteiger partial charge in [0.15, 0.2) is 0 Å². The Bertz CT molecular complexity index is 1100. The number of fused-ring (bicyclic) bond motifs is 1. The minimum absolute atomic E-state index is 0.0334. The fourth-order valence-electron chi connectivity index (χ4n) is 4.32. The van der Waals surface area contributed by atoms with Crippen molar-refractivity contribution in [3.63, 3.8) is 0 Å². The molecule has 2 heterocycles. The van der Waals surface area contributed by atoms with E-state index in [4.69, 9.17) is 4.52 Å². The molecule has 0 radical (unpaired) electrons. The molecule has 0 saturated heterocycles. The first-order valence-corrected chi connectivity index (χ1v) is 11.1. The Morgan fingerprint density at radius 2 is 1.78 bits per heavy atom. The highest BCUT2D eigenvalue weighted by molar-refractivity contribution is 5.84. The number of amides is 2. The van der Waals surface area contributed by atoms with Gasteiger partial charge in [-0.05, 0) is 49.4 Å². The topological polar surface area (TPSA) is 75.4 Å². The summed E-state index contributed by atoms with van der Waals surface area (Å²) in [6.45, 7) is 7.12. The number of aromatic nitrogens is 1. The number of hydrogen-bond donors (Lipinski definition) is 1. The van der Waals surface area contributed by atoms with Crippen molar-refractivity contribution >= 4 is 11.8 Å². The molecule has 3 aromatic rings. The van der Waals surface area contributed by atoms with Crippen molar-refractivity contribution < 1.29 is 14.1 Å². The monoisotopic (exact) mass is 431 g/mol. The second-order valence-corrected chi connectivity index (χ2v) is 8.44. The summed E-state index contributed by atoms with van der Waals surface area (Å²) in [6.07, 6.45) is 1.29. The molecule has 1 aliphatic rings. The zero-order valence-electron chi connectivity index (χ0n) is 18.9. The van der Waals surface area contributed by atoms with Crippen LogP contribution in [0.25, 0.3) is 11.1 Å². The Morgan fingerprint density at radius 1 is 1.06 bits per heavy atom. The van der Waals surface area contributed by atoms with Crippen LogP contribution < -0.4 is 5.32 Å². The van der Waals surface area contributed by atoms with Gasteiger partial charge in [-0.25, -0.2) is 0 Å². The predicted octanol–water partition coefficient (Wildman–Crippen LogP) is 4.50. The summed E-state index contributed by atoms with van der Waals surface area (Å²) in [4.78, 5) is 26.9. The van der Waals surface area contributed by atoms with Crippen LogP contribution in [-0.2, 0) is 22.6 Å². The van der Waals surface area contributed by atoms with Gasteiger partial charge in [-0.2, -0.15) is 0 Å². The number of nitrogens with zero attached hydrogens (tertiary/aromatic N) is 2. The average molecular weight is 432 g/mol. The van der Waals surface area contributed by atoms with Gasteiger partial charge in [0.2, 0.25) is 11.8 Å². The zero-order chi connectivity index (χ0) is 22.7. The number of aryl methyl sites for hydroxylation is 2. The van der Waals surface area contributed by atoms with Crippen LogP contribution in [0.2, 0.25) is 0 Å². The van der Waals surface area contributed by atoms with E-state index in [9.17, 15) is 9.59 Å². The van der Waals surface area contributed by atoms with Crippen LogP contribution in [-0.4, -0.2) is 28.4 Å². The molecule has 1 aliphatic heterocycles. The maximum atomic E-state index is 12.6. The van der Waals surface area contributed by atoms with E-state index in [2.05, 4.69) is 22.6 Å². The van der Waals surface area contributed by atoms with E-state index in [-0.39, 0.29) is 30.7 Å². The number of benzene rings is 2. The number of rotatable bonds is 6. The summed E-state index contributed by atoms with van der Waals surface area (Å²) in [7, 11) is 0. The van der Waals surface area contributed by atoms with Crippen molar-refractivity contribution in [2.24, 2.45) is 0 Å². The highest BCUT2D eigenvalue weighted by Crippen LogP contribution is 2.28. The first-order chi connectivity index (χ1) is 15.4. The second-order valence-electron chi connectivity index (χ2n) is 8.44. The molecule has 0 aliphatic carbocycles. The highest BCUT2D eigenvalue weighted by atomic mass is 16.5. The maximum absolute atomic E-state index is 12.6. The fraction of sp³-hybridized carbons (Fsp3) is 0.346. The number of nitrogens with one attached hydrogen (secondary N) is 1. The maximum Gasteiger partial charge on any atom is 0.223 e. The SMILES string of the molecule is Cc1noc(C)c1-c1ccc(C(C)NC(=O)CCC(=O)N2CCc3ccccc3C2)cc1. The van der Waals surface area contributed by atoms with Gasteiger partial charge in [-0.15, -0.1) is 0 Å². The summed E-state index contributed by atoms with van der Waals surface area (Å²) >= 11 is 0. The Kier molecular flexibility index (Phi) is 6.40. The molecular weight excluding hydrogens is 402 g/mol. The molecule has 6 nitrogen and oxygen atoms in total. The van der Waals surface area contributed by atoms with E-state index >= 15 is 0 Å². The smallest absolute Gasteiger partial charge is 0.223 e. The van der Waals surface area contributed by atoms with Crippen molar-refractivity contribution in [2.75, 3.05) is 6.54 Å². The molecule has 2 aromatic carbocycles. The number of carbonyl (C=O) groups excluding carboxylic acids is 2. The van der Waals surface area contributed by atoms with Gasteiger partial charge in [0.25, 0.3) is 0 Å². The largest absolute Gasteiger partial charge is 0.361 e.